The molecule has 0 spiro atoms. The van der Waals surface area contributed by atoms with Crippen LogP contribution in [-0.4, -0.2) is 42.8 Å². The van der Waals surface area contributed by atoms with Gasteiger partial charge in [-0.25, -0.2) is 0 Å². The minimum Gasteiger partial charge on any atom is -0.0979 e. The van der Waals surface area contributed by atoms with E-state index in [0.29, 0.717) is 0 Å². The highest BCUT2D eigenvalue weighted by Crippen LogP contribution is 2.74. The van der Waals surface area contributed by atoms with Crippen LogP contribution in [-0.2, 0) is 0 Å². The molecule has 0 fully saturated rings. The Morgan fingerprint density at radius 2 is 0.485 bits per heavy atom. The molecule has 199 valence electrons. The topological polar surface area (TPSA) is 0 Å². The lowest BCUT2D eigenvalue weighted by Crippen LogP contribution is -2.72. The Bertz CT molecular complexity index is 709. The molecule has 0 bridgehead atoms. The summed E-state index contributed by atoms with van der Waals surface area (Å²) in [6.07, 6.45) is 1.07. The summed E-state index contributed by atoms with van der Waals surface area (Å²) in [4.78, 5) is 0. The van der Waals surface area contributed by atoms with Crippen LogP contribution in [0.5, 0.6) is 0 Å². The fourth-order valence-electron chi connectivity index (χ4n) is 1.75. The Hall–Kier alpha value is 6.09. The molecule has 0 N–H and O–H groups in total. The molecule has 21 heteroatoms. The molecule has 0 aliphatic carbocycles. The van der Waals surface area contributed by atoms with E-state index >= 15 is 0 Å². The van der Waals surface area contributed by atoms with Crippen molar-refractivity contribution in [2.75, 3.05) is 0 Å². The van der Waals surface area contributed by atoms with E-state index in [9.17, 15) is 0 Å². The normalized spacial score (nSPS) is 16.9. The van der Waals surface area contributed by atoms with E-state index in [1.807, 2.05) is 0 Å². The van der Waals surface area contributed by atoms with Gasteiger partial charge in [0.05, 0.1) is 0 Å². The van der Waals surface area contributed by atoms with Crippen LogP contribution in [0.1, 0.15) is 6.92 Å². The summed E-state index contributed by atoms with van der Waals surface area (Å²) in [5, 5.41) is 0. The number of alkyl halides is 21. The van der Waals surface area contributed by atoms with E-state index in [2.05, 4.69) is 0 Å². The second-order valence-electron chi connectivity index (χ2n) is 6.00. The van der Waals surface area contributed by atoms with E-state index < -0.39 is 42.8 Å². The van der Waals surface area contributed by atoms with Crippen LogP contribution in [0, 0.1) is 6.42 Å². The second kappa shape index (κ2) is 11.6. The van der Waals surface area contributed by atoms with E-state index in [0.717, 1.165) is 6.42 Å². The van der Waals surface area contributed by atoms with Crippen LogP contribution in [0.4, 0.5) is 0 Å². The molecular weight excluding hydrogens is 889 g/mol. The lowest BCUT2D eigenvalue weighted by molar-refractivity contribution is 0.432. The zero-order chi connectivity index (χ0) is 27.7. The fourth-order valence-corrected chi connectivity index (χ4v) is 8.31. The summed E-state index contributed by atoms with van der Waals surface area (Å²) in [6.45, 7) is 1.34. The first-order chi connectivity index (χ1) is 13.8. The number of halogens is 21. The van der Waals surface area contributed by atoms with Crippen LogP contribution < -0.4 is 0 Å². The summed E-state index contributed by atoms with van der Waals surface area (Å²) in [6, 6.07) is 0. The molecular formula is C12H4Cl21. The molecule has 0 rings (SSSR count). The van der Waals surface area contributed by atoms with Gasteiger partial charge in [0, 0.05) is 0 Å². The smallest absolute Gasteiger partial charge is 0.0979 e. The summed E-state index contributed by atoms with van der Waals surface area (Å²) in [5.74, 6) is 0. The van der Waals surface area contributed by atoms with Crippen molar-refractivity contribution in [3.8, 4) is 0 Å². The fraction of sp³-hybridized carbons (Fsp3) is 0.917. The van der Waals surface area contributed by atoms with Gasteiger partial charge in [-0.1, -0.05) is 251 Å². The Balaban J connectivity index is 7.03. The van der Waals surface area contributed by atoms with Gasteiger partial charge in [-0.05, 0) is 6.42 Å². The Morgan fingerprint density at radius 1 is 0.303 bits per heavy atom. The highest BCUT2D eigenvalue weighted by Gasteiger charge is 2.83. The molecule has 33 heavy (non-hydrogen) atoms. The Kier molecular flexibility index (Phi) is 13.8. The van der Waals surface area contributed by atoms with E-state index in [4.69, 9.17) is 244 Å². The van der Waals surface area contributed by atoms with Crippen LogP contribution in [0.2, 0.25) is 0 Å². The van der Waals surface area contributed by atoms with Crippen molar-refractivity contribution in [1.82, 2.24) is 0 Å². The molecule has 0 saturated heterocycles. The van der Waals surface area contributed by atoms with Gasteiger partial charge in [0.1, 0.15) is 0 Å². The molecule has 0 nitrogen and oxygen atoms in total. The predicted molar refractivity (Wildman–Crippen MR) is 160 cm³/mol. The number of hydrogen-bond donors (Lipinski definition) is 0. The lowest BCUT2D eigenvalue weighted by Gasteiger charge is -2.56. The third-order valence-corrected chi connectivity index (χ3v) is 18.5. The average molecular weight is 893 g/mol. The first-order valence-electron chi connectivity index (χ1n) is 7.08. The average Bonchev–Trinajstić information content (AvgIpc) is 2.59. The van der Waals surface area contributed by atoms with Crippen molar-refractivity contribution in [3.63, 3.8) is 0 Å². The maximum atomic E-state index is 6.34. The molecule has 0 aromatic rings. The van der Waals surface area contributed by atoms with Gasteiger partial charge >= 0.3 is 0 Å². The molecule has 0 unspecified atom stereocenters. The van der Waals surface area contributed by atoms with Gasteiger partial charge in [0.2, 0.25) is 8.13 Å². The first kappa shape index (κ1) is 39.1. The van der Waals surface area contributed by atoms with Gasteiger partial charge in [-0.15, -0.1) is 0 Å². The Labute approximate surface area is 295 Å². The minimum atomic E-state index is -3.17. The minimum absolute atomic E-state index is 1.07. The van der Waals surface area contributed by atoms with Crippen molar-refractivity contribution in [2.24, 2.45) is 0 Å². The highest BCUT2D eigenvalue weighted by atomic mass is 35.6. The van der Waals surface area contributed by atoms with Gasteiger partial charge in [-0.2, -0.15) is 0 Å². The molecule has 0 heterocycles. The molecule has 0 aliphatic rings. The molecule has 1 radical (unpaired) electrons. The van der Waals surface area contributed by atoms with E-state index in [1.54, 1.807) is 0 Å². The van der Waals surface area contributed by atoms with Crippen molar-refractivity contribution in [3.05, 3.63) is 6.42 Å². The quantitative estimate of drug-likeness (QED) is 0.202. The third-order valence-electron chi connectivity index (χ3n) is 3.90. The molecule has 0 aromatic heterocycles. The zero-order valence-electron chi connectivity index (χ0n) is 14.5. The largest absolute Gasteiger partial charge is 0.226 e. The number of hydrogen-bond acceptors (Lipinski definition) is 0. The predicted octanol–water partition coefficient (Wildman–Crippen LogP) is 13.1. The summed E-state index contributed by atoms with van der Waals surface area (Å²) in [5.41, 5.74) is 0. The molecule has 0 saturated carbocycles. The van der Waals surface area contributed by atoms with E-state index in [1.165, 1.54) is 6.92 Å². The number of rotatable bonds is 9. The van der Waals surface area contributed by atoms with Crippen molar-refractivity contribution >= 4 is 244 Å². The van der Waals surface area contributed by atoms with Crippen LogP contribution in [0.3, 0.4) is 0 Å². The summed E-state index contributed by atoms with van der Waals surface area (Å²) in [7, 11) is 0. The standard InChI is InChI=1S/C12H4Cl21/c1-2-3(13,14)4(15,16)5(17,18)6(19,20)7(21,22)8(23,24)9(25,26)10(27,28)11(29,30)12(31,32)33/h2H,1H3. The van der Waals surface area contributed by atoms with Crippen LogP contribution >= 0.6 is 244 Å². The lowest BCUT2D eigenvalue weighted by atomic mass is 9.99. The van der Waals surface area contributed by atoms with Gasteiger partial charge < -0.3 is 0 Å². The van der Waals surface area contributed by atoms with Crippen molar-refractivity contribution in [2.45, 2.75) is 49.7 Å². The second-order valence-corrected chi connectivity index (χ2v) is 20.3. The first-order valence-corrected chi connectivity index (χ1v) is 15.0. The van der Waals surface area contributed by atoms with Gasteiger partial charge in [0.25, 0.3) is 0 Å². The SMILES string of the molecule is C[CH]C(Cl)(Cl)C(Cl)(Cl)C(Cl)(Cl)C(Cl)(Cl)C(Cl)(Cl)C(Cl)(Cl)C(Cl)(Cl)C(Cl)(Cl)C(Cl)(Cl)C(Cl)(Cl)Cl. The summed E-state index contributed by atoms with van der Waals surface area (Å²) < 4.78 is -29.0. The van der Waals surface area contributed by atoms with Crippen LogP contribution in [0.25, 0.3) is 0 Å². The van der Waals surface area contributed by atoms with Crippen molar-refractivity contribution < 1.29 is 0 Å². The van der Waals surface area contributed by atoms with Crippen molar-refractivity contribution in [1.29, 1.82) is 0 Å². The zero-order valence-corrected chi connectivity index (χ0v) is 30.4. The third kappa shape index (κ3) is 6.11. The maximum Gasteiger partial charge on any atom is 0.226 e. The van der Waals surface area contributed by atoms with Gasteiger partial charge in [0.15, 0.2) is 34.7 Å². The summed E-state index contributed by atoms with van der Waals surface area (Å²) >= 11 is 129. The molecule has 0 atom stereocenters. The van der Waals surface area contributed by atoms with Crippen LogP contribution in [0.15, 0.2) is 0 Å². The van der Waals surface area contributed by atoms with Gasteiger partial charge in [-0.3, -0.25) is 0 Å². The monoisotopic (exact) mass is 882 g/mol. The van der Waals surface area contributed by atoms with E-state index in [-0.39, 0.29) is 0 Å². The molecule has 0 aliphatic heterocycles. The Morgan fingerprint density at radius 3 is 0.667 bits per heavy atom. The maximum absolute atomic E-state index is 6.34. The molecule has 0 amide bonds. The highest BCUT2D eigenvalue weighted by molar-refractivity contribution is 6.83. The molecule has 0 aromatic carbocycles.